The Morgan fingerprint density at radius 2 is 1.90 bits per heavy atom. The first-order chi connectivity index (χ1) is 13.5. The van der Waals surface area contributed by atoms with Crippen molar-refractivity contribution in [3.8, 4) is 0 Å². The first kappa shape index (κ1) is 21.6. The molecule has 0 heterocycles. The van der Waals surface area contributed by atoms with E-state index in [-0.39, 0.29) is 16.9 Å². The molecular formula is C19H16F3N3O4. The van der Waals surface area contributed by atoms with Gasteiger partial charge in [0, 0.05) is 29.5 Å². The van der Waals surface area contributed by atoms with Crippen molar-refractivity contribution in [2.24, 2.45) is 0 Å². The molecular weight excluding hydrogens is 391 g/mol. The fourth-order valence-electron chi connectivity index (χ4n) is 2.27. The van der Waals surface area contributed by atoms with Crippen LogP contribution in [0.15, 0.2) is 48.5 Å². The normalized spacial score (nSPS) is 11.3. The summed E-state index contributed by atoms with van der Waals surface area (Å²) in [6.45, 7) is 0.185. The molecule has 152 valence electrons. The summed E-state index contributed by atoms with van der Waals surface area (Å²) >= 11 is 0. The van der Waals surface area contributed by atoms with Crippen molar-refractivity contribution < 1.29 is 27.7 Å². The molecule has 2 amide bonds. The monoisotopic (exact) mass is 407 g/mol. The molecule has 0 spiro atoms. The average molecular weight is 407 g/mol. The van der Waals surface area contributed by atoms with Gasteiger partial charge in [-0.25, -0.2) is 0 Å². The fraction of sp³-hybridized carbons (Fsp3) is 0.158. The Kier molecular flexibility index (Phi) is 6.71. The van der Waals surface area contributed by atoms with Crippen molar-refractivity contribution in [2.45, 2.75) is 13.1 Å². The van der Waals surface area contributed by atoms with E-state index in [4.69, 9.17) is 0 Å². The molecule has 0 unspecified atom stereocenters. The zero-order chi connectivity index (χ0) is 21.6. The topological polar surface area (TPSA) is 101 Å². The van der Waals surface area contributed by atoms with E-state index in [1.165, 1.54) is 42.5 Å². The average Bonchev–Trinajstić information content (AvgIpc) is 2.66. The molecule has 0 aliphatic heterocycles. The van der Waals surface area contributed by atoms with Crippen molar-refractivity contribution in [1.82, 2.24) is 5.32 Å². The lowest BCUT2D eigenvalue weighted by atomic mass is 10.1. The number of carbonyl (C=O) groups is 2. The van der Waals surface area contributed by atoms with Crippen molar-refractivity contribution in [2.75, 3.05) is 11.9 Å². The molecule has 0 radical (unpaired) electrons. The molecule has 0 saturated carbocycles. The van der Waals surface area contributed by atoms with E-state index in [0.29, 0.717) is 11.1 Å². The van der Waals surface area contributed by atoms with Gasteiger partial charge in [0.2, 0.25) is 5.91 Å². The second-order valence-electron chi connectivity index (χ2n) is 6.00. The van der Waals surface area contributed by atoms with E-state index in [1.807, 2.05) is 0 Å². The van der Waals surface area contributed by atoms with Gasteiger partial charge < -0.3 is 10.6 Å². The number of aryl methyl sites for hydroxylation is 1. The third kappa shape index (κ3) is 6.76. The van der Waals surface area contributed by atoms with Gasteiger partial charge in [0.1, 0.15) is 6.54 Å². The Bertz CT molecular complexity index is 971. The Balaban J connectivity index is 2.09. The van der Waals surface area contributed by atoms with E-state index < -0.39 is 29.5 Å². The molecule has 2 aromatic rings. The number of nitrogens with zero attached hydrogens (tertiary/aromatic N) is 1. The minimum atomic E-state index is -4.53. The Hall–Kier alpha value is -3.69. The third-order valence-corrected chi connectivity index (χ3v) is 3.72. The number of rotatable bonds is 6. The zero-order valence-electron chi connectivity index (χ0n) is 15.1. The smallest absolute Gasteiger partial charge is 0.343 e. The first-order valence-electron chi connectivity index (χ1n) is 8.24. The lowest BCUT2D eigenvalue weighted by Crippen LogP contribution is -2.33. The van der Waals surface area contributed by atoms with E-state index in [1.54, 1.807) is 18.3 Å². The van der Waals surface area contributed by atoms with Gasteiger partial charge in [0.05, 0.1) is 4.92 Å². The summed E-state index contributed by atoms with van der Waals surface area (Å²) in [6.07, 6.45) is -2.01. The van der Waals surface area contributed by atoms with E-state index in [9.17, 15) is 32.9 Å². The van der Waals surface area contributed by atoms with Gasteiger partial charge >= 0.3 is 6.18 Å². The number of hydrogen-bond donors (Lipinski definition) is 2. The van der Waals surface area contributed by atoms with Crippen LogP contribution in [0.4, 0.5) is 24.5 Å². The van der Waals surface area contributed by atoms with Crippen LogP contribution >= 0.6 is 0 Å². The number of nitrogens with one attached hydrogen (secondary N) is 2. The number of non-ortho nitro benzene ring substituents is 1. The summed E-state index contributed by atoms with van der Waals surface area (Å²) in [5.41, 5.74) is 1.11. The third-order valence-electron chi connectivity index (χ3n) is 3.72. The van der Waals surface area contributed by atoms with Crippen LogP contribution < -0.4 is 10.6 Å². The minimum Gasteiger partial charge on any atom is -0.343 e. The summed E-state index contributed by atoms with van der Waals surface area (Å²) < 4.78 is 36.7. The van der Waals surface area contributed by atoms with Crippen molar-refractivity contribution >= 4 is 29.3 Å². The van der Waals surface area contributed by atoms with Crippen molar-refractivity contribution in [3.63, 3.8) is 0 Å². The van der Waals surface area contributed by atoms with Gasteiger partial charge in [-0.15, -0.1) is 0 Å². The Morgan fingerprint density at radius 3 is 2.55 bits per heavy atom. The molecule has 0 aliphatic rings. The van der Waals surface area contributed by atoms with Gasteiger partial charge in [-0.2, -0.15) is 13.2 Å². The quantitative estimate of drug-likeness (QED) is 0.431. The summed E-state index contributed by atoms with van der Waals surface area (Å²) in [5, 5.41) is 15.0. The van der Waals surface area contributed by atoms with Crippen LogP contribution in [0.25, 0.3) is 6.08 Å². The van der Waals surface area contributed by atoms with Crippen LogP contribution in [0.2, 0.25) is 0 Å². The molecule has 0 fully saturated rings. The van der Waals surface area contributed by atoms with E-state index in [0.717, 1.165) is 6.08 Å². The molecule has 10 heteroatoms. The highest BCUT2D eigenvalue weighted by Crippen LogP contribution is 2.19. The van der Waals surface area contributed by atoms with Crippen LogP contribution in [0.5, 0.6) is 0 Å². The molecule has 2 N–H and O–H groups in total. The number of nitro groups is 1. The second-order valence-corrected chi connectivity index (χ2v) is 6.00. The number of benzene rings is 2. The van der Waals surface area contributed by atoms with Crippen molar-refractivity contribution in [1.29, 1.82) is 0 Å². The summed E-state index contributed by atoms with van der Waals surface area (Å²) in [6, 6.07) is 9.76. The maximum Gasteiger partial charge on any atom is 0.405 e. The maximum atomic E-state index is 12.2. The molecule has 0 saturated heterocycles. The van der Waals surface area contributed by atoms with E-state index >= 15 is 0 Å². The highest BCUT2D eigenvalue weighted by atomic mass is 19.4. The maximum absolute atomic E-state index is 12.2. The number of anilines is 1. The van der Waals surface area contributed by atoms with Crippen molar-refractivity contribution in [3.05, 3.63) is 75.3 Å². The van der Waals surface area contributed by atoms with Crippen LogP contribution in [0, 0.1) is 17.0 Å². The first-order valence-corrected chi connectivity index (χ1v) is 8.24. The largest absolute Gasteiger partial charge is 0.405 e. The van der Waals surface area contributed by atoms with Gasteiger partial charge in [-0.3, -0.25) is 19.7 Å². The predicted octanol–water partition coefficient (Wildman–Crippen LogP) is 3.85. The summed E-state index contributed by atoms with van der Waals surface area (Å²) in [4.78, 5) is 34.2. The number of carbonyl (C=O) groups excluding carboxylic acids is 2. The molecule has 0 atom stereocenters. The van der Waals surface area contributed by atoms with Crippen LogP contribution in [-0.2, 0) is 4.79 Å². The van der Waals surface area contributed by atoms with Gasteiger partial charge in [-0.1, -0.05) is 18.2 Å². The van der Waals surface area contributed by atoms with Crippen LogP contribution in [0.1, 0.15) is 21.5 Å². The van der Waals surface area contributed by atoms with Gasteiger partial charge in [0.15, 0.2) is 0 Å². The number of hydrogen-bond acceptors (Lipinski definition) is 4. The number of halogens is 3. The highest BCUT2D eigenvalue weighted by molar-refractivity contribution is 6.03. The number of nitro benzene ring substituents is 1. The lowest BCUT2D eigenvalue weighted by molar-refractivity contribution is -0.384. The molecule has 2 aromatic carbocycles. The Labute approximate surface area is 163 Å². The zero-order valence-corrected chi connectivity index (χ0v) is 15.1. The number of alkyl halides is 3. The lowest BCUT2D eigenvalue weighted by Gasteiger charge is -2.11. The van der Waals surface area contributed by atoms with Crippen LogP contribution in [-0.4, -0.2) is 29.5 Å². The molecule has 0 aliphatic carbocycles. The van der Waals surface area contributed by atoms with E-state index in [2.05, 4.69) is 5.32 Å². The Morgan fingerprint density at radius 1 is 1.17 bits per heavy atom. The molecule has 7 nitrogen and oxygen atoms in total. The predicted molar refractivity (Wildman–Crippen MR) is 100 cm³/mol. The minimum absolute atomic E-state index is 0.0437. The number of amides is 2. The molecule has 29 heavy (non-hydrogen) atoms. The fourth-order valence-corrected chi connectivity index (χ4v) is 2.27. The highest BCUT2D eigenvalue weighted by Gasteiger charge is 2.28. The van der Waals surface area contributed by atoms with Gasteiger partial charge in [0.25, 0.3) is 11.6 Å². The molecule has 2 rings (SSSR count). The standard InChI is InChI=1S/C19H16F3N3O4/c1-12-5-7-14(18(27)23-11-19(20,21)22)10-16(12)24-17(26)8-6-13-3-2-4-15(9-13)25(28)29/h2-10H,11H2,1H3,(H,23,27)(H,24,26)/b8-6+. The summed E-state index contributed by atoms with van der Waals surface area (Å²) in [7, 11) is 0. The van der Waals surface area contributed by atoms with Crippen LogP contribution in [0.3, 0.4) is 0 Å². The second kappa shape index (κ2) is 9.00. The summed E-state index contributed by atoms with van der Waals surface area (Å²) in [5.74, 6) is -1.50. The SMILES string of the molecule is Cc1ccc(C(=O)NCC(F)(F)F)cc1NC(=O)/C=C/c1cccc([N+](=O)[O-])c1. The molecule has 0 aromatic heterocycles. The molecule has 0 bridgehead atoms. The van der Waals surface area contributed by atoms with Gasteiger partial charge in [-0.05, 0) is 36.3 Å².